The summed E-state index contributed by atoms with van der Waals surface area (Å²) in [7, 11) is 0. The first kappa shape index (κ1) is 14.5. The van der Waals surface area contributed by atoms with E-state index in [2.05, 4.69) is 10.6 Å². The number of benzene rings is 1. The summed E-state index contributed by atoms with van der Waals surface area (Å²) in [6, 6.07) is 7.68. The zero-order valence-corrected chi connectivity index (χ0v) is 12.4. The van der Waals surface area contributed by atoms with E-state index in [0.29, 0.717) is 13.2 Å². The molecule has 2 aliphatic heterocycles. The number of rotatable bonds is 3. The second-order valence-corrected chi connectivity index (χ2v) is 5.99. The van der Waals surface area contributed by atoms with E-state index in [9.17, 15) is 4.79 Å². The maximum atomic E-state index is 12.4. The molecule has 1 aromatic rings. The number of hydrogen-bond donors (Lipinski definition) is 2. The molecule has 0 aliphatic carbocycles. The van der Waals surface area contributed by atoms with Crippen LogP contribution in [0.15, 0.2) is 24.3 Å². The van der Waals surface area contributed by atoms with Crippen molar-refractivity contribution in [2.24, 2.45) is 5.41 Å². The van der Waals surface area contributed by atoms with Crippen molar-refractivity contribution in [2.45, 2.75) is 26.1 Å². The zero-order valence-electron chi connectivity index (χ0n) is 12.4. The van der Waals surface area contributed by atoms with Crippen molar-refractivity contribution in [3.8, 4) is 0 Å². The summed E-state index contributed by atoms with van der Waals surface area (Å²) in [6.07, 6.45) is 1.70. The molecule has 5 heteroatoms. The van der Waals surface area contributed by atoms with Crippen LogP contribution in [0, 0.1) is 5.41 Å². The molecule has 21 heavy (non-hydrogen) atoms. The Hall–Kier alpha value is -1.43. The number of carbonyl (C=O) groups is 1. The summed E-state index contributed by atoms with van der Waals surface area (Å²) in [5, 5.41) is 6.30. The summed E-state index contributed by atoms with van der Waals surface area (Å²) >= 11 is 0. The van der Waals surface area contributed by atoms with Crippen LogP contribution in [0.1, 0.15) is 31.6 Å². The van der Waals surface area contributed by atoms with E-state index in [0.717, 1.165) is 37.2 Å². The normalized spacial score (nSPS) is 26.7. The molecule has 0 saturated carbocycles. The first-order valence-electron chi connectivity index (χ1n) is 7.53. The minimum Gasteiger partial charge on any atom is -0.346 e. The van der Waals surface area contributed by atoms with Crippen molar-refractivity contribution in [3.63, 3.8) is 0 Å². The lowest BCUT2D eigenvalue weighted by Crippen LogP contribution is -2.46. The maximum Gasteiger partial charge on any atom is 0.231 e. The molecule has 1 aromatic carbocycles. The third kappa shape index (κ3) is 3.26. The summed E-state index contributed by atoms with van der Waals surface area (Å²) < 4.78 is 10.9. The molecule has 0 spiro atoms. The molecule has 2 saturated heterocycles. The minimum absolute atomic E-state index is 0.0795. The van der Waals surface area contributed by atoms with Gasteiger partial charge in [0.15, 0.2) is 6.29 Å². The summed E-state index contributed by atoms with van der Waals surface area (Å²) in [6.45, 7) is 5.02. The third-order valence-corrected chi connectivity index (χ3v) is 4.21. The van der Waals surface area contributed by atoms with Crippen LogP contribution in [0.5, 0.6) is 0 Å². The number of carbonyl (C=O) groups excluding carboxylic acids is 1. The fraction of sp³-hybridized carbons (Fsp3) is 0.562. The van der Waals surface area contributed by atoms with Gasteiger partial charge in [0, 0.05) is 17.8 Å². The Kier molecular flexibility index (Phi) is 4.24. The highest BCUT2D eigenvalue weighted by Crippen LogP contribution is 2.28. The van der Waals surface area contributed by atoms with E-state index in [1.165, 1.54) is 0 Å². The molecule has 2 aliphatic rings. The van der Waals surface area contributed by atoms with Gasteiger partial charge in [0.2, 0.25) is 5.91 Å². The van der Waals surface area contributed by atoms with Gasteiger partial charge in [0.05, 0.1) is 18.6 Å². The summed E-state index contributed by atoms with van der Waals surface area (Å²) in [4.78, 5) is 12.4. The number of ether oxygens (including phenoxy) is 2. The predicted molar refractivity (Wildman–Crippen MR) is 79.9 cm³/mol. The molecule has 0 aromatic heterocycles. The average Bonchev–Trinajstić information content (AvgIpc) is 3.03. The maximum absolute atomic E-state index is 12.4. The highest BCUT2D eigenvalue weighted by atomic mass is 16.7. The number of piperidine rings is 1. The molecule has 2 N–H and O–H groups in total. The highest BCUT2D eigenvalue weighted by Gasteiger charge is 2.34. The first-order chi connectivity index (χ1) is 10.2. The quantitative estimate of drug-likeness (QED) is 0.894. The van der Waals surface area contributed by atoms with Gasteiger partial charge >= 0.3 is 0 Å². The van der Waals surface area contributed by atoms with E-state index in [1.807, 2.05) is 31.2 Å². The molecule has 5 nitrogen and oxygen atoms in total. The van der Waals surface area contributed by atoms with Gasteiger partial charge in [-0.3, -0.25) is 4.79 Å². The van der Waals surface area contributed by atoms with Gasteiger partial charge in [0.25, 0.3) is 0 Å². The van der Waals surface area contributed by atoms with E-state index in [4.69, 9.17) is 9.47 Å². The van der Waals surface area contributed by atoms with Gasteiger partial charge in [-0.25, -0.2) is 0 Å². The monoisotopic (exact) mass is 290 g/mol. The molecule has 2 fully saturated rings. The van der Waals surface area contributed by atoms with Gasteiger partial charge in [0.1, 0.15) is 0 Å². The standard InChI is InChI=1S/C16H22N2O3/c1-16(7-2-8-17-11-16)15(19)18-13-5-3-12(4-6-13)14-20-9-10-21-14/h3-6,14,17H,2,7-11H2,1H3,(H,18,19). The number of hydrogen-bond acceptors (Lipinski definition) is 4. The van der Waals surface area contributed by atoms with Crippen molar-refractivity contribution in [1.82, 2.24) is 5.32 Å². The van der Waals surface area contributed by atoms with Crippen LogP contribution in [0.4, 0.5) is 5.69 Å². The SMILES string of the molecule is CC1(C(=O)Nc2ccc(C3OCCO3)cc2)CCCNC1. The number of anilines is 1. The minimum atomic E-state index is -0.325. The Morgan fingerprint density at radius 3 is 2.62 bits per heavy atom. The number of amides is 1. The molecule has 1 atom stereocenters. The second kappa shape index (κ2) is 6.13. The van der Waals surface area contributed by atoms with Crippen molar-refractivity contribution in [3.05, 3.63) is 29.8 Å². The van der Waals surface area contributed by atoms with Gasteiger partial charge < -0.3 is 20.1 Å². The van der Waals surface area contributed by atoms with Crippen LogP contribution in [-0.4, -0.2) is 32.2 Å². The van der Waals surface area contributed by atoms with E-state index in [-0.39, 0.29) is 17.6 Å². The van der Waals surface area contributed by atoms with Crippen molar-refractivity contribution in [2.75, 3.05) is 31.6 Å². The van der Waals surface area contributed by atoms with Crippen LogP contribution < -0.4 is 10.6 Å². The topological polar surface area (TPSA) is 59.6 Å². The van der Waals surface area contributed by atoms with Crippen LogP contribution in [0.25, 0.3) is 0 Å². The molecule has 114 valence electrons. The van der Waals surface area contributed by atoms with Crippen molar-refractivity contribution < 1.29 is 14.3 Å². The molecular formula is C16H22N2O3. The molecule has 1 amide bonds. The third-order valence-electron chi connectivity index (χ3n) is 4.21. The lowest BCUT2D eigenvalue weighted by atomic mass is 9.82. The van der Waals surface area contributed by atoms with Crippen molar-refractivity contribution >= 4 is 11.6 Å². The van der Waals surface area contributed by atoms with Crippen LogP contribution in [0.2, 0.25) is 0 Å². The van der Waals surface area contributed by atoms with E-state index >= 15 is 0 Å². The van der Waals surface area contributed by atoms with Crippen LogP contribution >= 0.6 is 0 Å². The highest BCUT2D eigenvalue weighted by molar-refractivity contribution is 5.95. The van der Waals surface area contributed by atoms with Gasteiger partial charge in [-0.1, -0.05) is 12.1 Å². The summed E-state index contributed by atoms with van der Waals surface area (Å²) in [5.41, 5.74) is 1.47. The van der Waals surface area contributed by atoms with Gasteiger partial charge in [-0.05, 0) is 38.4 Å². The lowest BCUT2D eigenvalue weighted by molar-refractivity contribution is -0.125. The van der Waals surface area contributed by atoms with Gasteiger partial charge in [-0.2, -0.15) is 0 Å². The fourth-order valence-corrected chi connectivity index (χ4v) is 2.81. The Morgan fingerprint density at radius 2 is 2.00 bits per heavy atom. The molecule has 0 bridgehead atoms. The number of nitrogens with one attached hydrogen (secondary N) is 2. The first-order valence-corrected chi connectivity index (χ1v) is 7.53. The van der Waals surface area contributed by atoms with Crippen LogP contribution in [-0.2, 0) is 14.3 Å². The molecule has 0 radical (unpaired) electrons. The van der Waals surface area contributed by atoms with Crippen molar-refractivity contribution in [1.29, 1.82) is 0 Å². The average molecular weight is 290 g/mol. The van der Waals surface area contributed by atoms with Gasteiger partial charge in [-0.15, -0.1) is 0 Å². The molecule has 1 unspecified atom stereocenters. The Morgan fingerprint density at radius 1 is 1.29 bits per heavy atom. The molecule has 2 heterocycles. The largest absolute Gasteiger partial charge is 0.346 e. The molecule has 3 rings (SSSR count). The van der Waals surface area contributed by atoms with E-state index in [1.54, 1.807) is 0 Å². The van der Waals surface area contributed by atoms with E-state index < -0.39 is 0 Å². The lowest BCUT2D eigenvalue weighted by Gasteiger charge is -2.32. The Bertz CT molecular complexity index is 489. The van der Waals surface area contributed by atoms with Crippen LogP contribution in [0.3, 0.4) is 0 Å². The molecular weight excluding hydrogens is 268 g/mol. The smallest absolute Gasteiger partial charge is 0.231 e. The Balaban J connectivity index is 1.63. The zero-order chi connectivity index (χ0) is 14.7. The summed E-state index contributed by atoms with van der Waals surface area (Å²) in [5.74, 6) is 0.0795. The second-order valence-electron chi connectivity index (χ2n) is 5.99. The fourth-order valence-electron chi connectivity index (χ4n) is 2.81. The predicted octanol–water partition coefficient (Wildman–Crippen LogP) is 2.06. The Labute approximate surface area is 125 Å².